The number of anilines is 1. The summed E-state index contributed by atoms with van der Waals surface area (Å²) in [6.45, 7) is 6.74. The largest absolute Gasteiger partial charge is 0.495 e. The first-order chi connectivity index (χ1) is 11.9. The van der Waals surface area contributed by atoms with E-state index in [2.05, 4.69) is 5.32 Å². The molecule has 0 saturated carbocycles. The third-order valence-corrected chi connectivity index (χ3v) is 5.25. The minimum atomic E-state index is -0.394. The van der Waals surface area contributed by atoms with Crippen LogP contribution < -0.4 is 20.7 Å². The van der Waals surface area contributed by atoms with E-state index in [0.717, 1.165) is 24.1 Å². The molecule has 1 aliphatic rings. The van der Waals surface area contributed by atoms with E-state index in [-0.39, 0.29) is 36.6 Å². The Labute approximate surface area is 161 Å². The summed E-state index contributed by atoms with van der Waals surface area (Å²) in [5.41, 5.74) is 7.23. The van der Waals surface area contributed by atoms with Gasteiger partial charge in [-0.1, -0.05) is 19.9 Å². The van der Waals surface area contributed by atoms with Crippen molar-refractivity contribution in [2.75, 3.05) is 25.1 Å². The van der Waals surface area contributed by atoms with Crippen LogP contribution in [0.2, 0.25) is 0 Å². The molecule has 1 aliphatic heterocycles. The number of carbonyl (C=O) groups is 2. The first kappa shape index (κ1) is 22.3. The smallest absolute Gasteiger partial charge is 0.227 e. The molecule has 7 heteroatoms. The monoisotopic (exact) mass is 383 g/mol. The van der Waals surface area contributed by atoms with Gasteiger partial charge in [0.05, 0.1) is 24.3 Å². The van der Waals surface area contributed by atoms with Crippen LogP contribution in [0.3, 0.4) is 0 Å². The fourth-order valence-corrected chi connectivity index (χ4v) is 3.26. The predicted octanol–water partition coefficient (Wildman–Crippen LogP) is 2.41. The van der Waals surface area contributed by atoms with Crippen LogP contribution in [0, 0.1) is 12.8 Å². The van der Waals surface area contributed by atoms with Crippen LogP contribution >= 0.6 is 12.4 Å². The molecule has 1 aromatic carbocycles. The fourth-order valence-electron chi connectivity index (χ4n) is 3.26. The van der Waals surface area contributed by atoms with Gasteiger partial charge in [0.1, 0.15) is 5.75 Å². The molecular formula is C19H30ClN3O3. The van der Waals surface area contributed by atoms with Crippen LogP contribution in [0.25, 0.3) is 0 Å². The highest BCUT2D eigenvalue weighted by Gasteiger charge is 2.38. The number of aryl methyl sites for hydroxylation is 1. The van der Waals surface area contributed by atoms with Gasteiger partial charge in [0.25, 0.3) is 0 Å². The number of carbonyl (C=O) groups excluding carboxylic acids is 2. The molecular weight excluding hydrogens is 354 g/mol. The van der Waals surface area contributed by atoms with Crippen LogP contribution in [-0.2, 0) is 9.59 Å². The average molecular weight is 384 g/mol. The summed E-state index contributed by atoms with van der Waals surface area (Å²) in [6, 6.07) is 5.70. The van der Waals surface area contributed by atoms with Gasteiger partial charge in [0, 0.05) is 19.5 Å². The maximum absolute atomic E-state index is 12.7. The molecule has 1 aromatic rings. The maximum atomic E-state index is 12.7. The number of nitrogens with zero attached hydrogens (tertiary/aromatic N) is 1. The first-order valence-corrected chi connectivity index (χ1v) is 8.86. The van der Waals surface area contributed by atoms with Gasteiger partial charge >= 0.3 is 0 Å². The van der Waals surface area contributed by atoms with Gasteiger partial charge in [0.2, 0.25) is 11.8 Å². The first-order valence-electron chi connectivity index (χ1n) is 8.86. The highest BCUT2D eigenvalue weighted by atomic mass is 35.5. The van der Waals surface area contributed by atoms with Gasteiger partial charge in [-0.15, -0.1) is 12.4 Å². The summed E-state index contributed by atoms with van der Waals surface area (Å²) < 4.78 is 5.38. The molecule has 2 amide bonds. The van der Waals surface area contributed by atoms with Gasteiger partial charge in [-0.2, -0.15) is 0 Å². The van der Waals surface area contributed by atoms with Crippen LogP contribution in [0.1, 0.15) is 38.7 Å². The van der Waals surface area contributed by atoms with Crippen molar-refractivity contribution in [2.24, 2.45) is 11.7 Å². The molecule has 1 saturated heterocycles. The maximum Gasteiger partial charge on any atom is 0.227 e. The number of methoxy groups -OCH3 is 1. The predicted molar refractivity (Wildman–Crippen MR) is 106 cm³/mol. The summed E-state index contributed by atoms with van der Waals surface area (Å²) in [5, 5.41) is 3.08. The van der Waals surface area contributed by atoms with Crippen molar-refractivity contribution >= 4 is 29.9 Å². The fraction of sp³-hybridized carbons (Fsp3) is 0.579. The number of amides is 2. The molecule has 1 atom stereocenters. The Hall–Kier alpha value is -1.79. The molecule has 0 aromatic heterocycles. The number of halogens is 1. The minimum Gasteiger partial charge on any atom is -0.495 e. The van der Waals surface area contributed by atoms with Crippen molar-refractivity contribution in [3.05, 3.63) is 23.8 Å². The van der Waals surface area contributed by atoms with Crippen molar-refractivity contribution < 1.29 is 14.3 Å². The number of nitrogens with two attached hydrogens (primary N) is 1. The lowest BCUT2D eigenvalue weighted by Gasteiger charge is -2.32. The van der Waals surface area contributed by atoms with Gasteiger partial charge in [0.15, 0.2) is 0 Å². The van der Waals surface area contributed by atoms with Gasteiger partial charge in [-0.25, -0.2) is 0 Å². The lowest BCUT2D eigenvalue weighted by atomic mass is 9.91. The van der Waals surface area contributed by atoms with Gasteiger partial charge in [-0.05, 0) is 37.5 Å². The van der Waals surface area contributed by atoms with E-state index in [1.807, 2.05) is 39.0 Å². The van der Waals surface area contributed by atoms with Crippen molar-refractivity contribution in [3.63, 3.8) is 0 Å². The molecule has 146 valence electrons. The standard InChI is InChI=1S/C19H29N3O3.ClH/c1-5-19(6-2,12-20)21-18(24)14-10-17(23)22(11-14)15-9-13(3)7-8-16(15)25-4;/h7-9,14H,5-6,10-12,20H2,1-4H3,(H,21,24);1H. The van der Waals surface area contributed by atoms with E-state index in [0.29, 0.717) is 18.8 Å². The van der Waals surface area contributed by atoms with Crippen LogP contribution in [0.4, 0.5) is 5.69 Å². The normalized spacial score (nSPS) is 17.0. The van der Waals surface area contributed by atoms with Crippen LogP contribution in [0.5, 0.6) is 5.75 Å². The average Bonchev–Trinajstić information content (AvgIpc) is 3.01. The van der Waals surface area contributed by atoms with Gasteiger partial charge in [-0.3, -0.25) is 9.59 Å². The lowest BCUT2D eigenvalue weighted by molar-refractivity contribution is -0.128. The summed E-state index contributed by atoms with van der Waals surface area (Å²) in [5.74, 6) is 0.104. The zero-order valence-electron chi connectivity index (χ0n) is 16.0. The molecule has 1 heterocycles. The Morgan fingerprint density at radius 3 is 2.58 bits per heavy atom. The quantitative estimate of drug-likeness (QED) is 0.757. The SMILES string of the molecule is CCC(CC)(CN)NC(=O)C1CC(=O)N(c2cc(C)ccc2OC)C1.Cl. The minimum absolute atomic E-state index is 0. The van der Waals surface area contributed by atoms with E-state index >= 15 is 0 Å². The van der Waals surface area contributed by atoms with Crippen LogP contribution in [-0.4, -0.2) is 37.6 Å². The Morgan fingerprint density at radius 1 is 1.38 bits per heavy atom. The second-order valence-corrected chi connectivity index (χ2v) is 6.76. The second-order valence-electron chi connectivity index (χ2n) is 6.76. The molecule has 1 fully saturated rings. The molecule has 3 N–H and O–H groups in total. The number of hydrogen-bond donors (Lipinski definition) is 2. The summed E-state index contributed by atoms with van der Waals surface area (Å²) in [6.07, 6.45) is 1.74. The Kier molecular flexibility index (Phi) is 7.90. The third kappa shape index (κ3) is 4.48. The topological polar surface area (TPSA) is 84.7 Å². The van der Waals surface area contributed by atoms with E-state index in [9.17, 15) is 9.59 Å². The molecule has 0 spiro atoms. The second kappa shape index (κ2) is 9.24. The zero-order chi connectivity index (χ0) is 18.6. The zero-order valence-corrected chi connectivity index (χ0v) is 16.8. The molecule has 0 radical (unpaired) electrons. The number of nitrogens with one attached hydrogen (secondary N) is 1. The van der Waals surface area contributed by atoms with Crippen molar-refractivity contribution in [1.29, 1.82) is 0 Å². The van der Waals surface area contributed by atoms with Gasteiger partial charge < -0.3 is 20.7 Å². The summed E-state index contributed by atoms with van der Waals surface area (Å²) in [7, 11) is 1.58. The molecule has 2 rings (SSSR count). The molecule has 0 bridgehead atoms. The Balaban J connectivity index is 0.00000338. The van der Waals surface area contributed by atoms with E-state index in [1.165, 1.54) is 0 Å². The Morgan fingerprint density at radius 2 is 2.04 bits per heavy atom. The number of rotatable bonds is 7. The number of hydrogen-bond acceptors (Lipinski definition) is 4. The Bertz CT molecular complexity index is 639. The van der Waals surface area contributed by atoms with Crippen molar-refractivity contribution in [3.8, 4) is 5.75 Å². The lowest BCUT2D eigenvalue weighted by Crippen LogP contribution is -2.54. The summed E-state index contributed by atoms with van der Waals surface area (Å²) >= 11 is 0. The number of benzene rings is 1. The highest BCUT2D eigenvalue weighted by Crippen LogP contribution is 2.34. The van der Waals surface area contributed by atoms with E-state index in [4.69, 9.17) is 10.5 Å². The highest BCUT2D eigenvalue weighted by molar-refractivity contribution is 6.01. The van der Waals surface area contributed by atoms with Crippen LogP contribution in [0.15, 0.2) is 18.2 Å². The molecule has 26 heavy (non-hydrogen) atoms. The van der Waals surface area contributed by atoms with E-state index < -0.39 is 5.54 Å². The molecule has 1 unspecified atom stereocenters. The summed E-state index contributed by atoms with van der Waals surface area (Å²) in [4.78, 5) is 26.9. The van der Waals surface area contributed by atoms with Crippen molar-refractivity contribution in [1.82, 2.24) is 5.32 Å². The number of ether oxygens (including phenoxy) is 1. The third-order valence-electron chi connectivity index (χ3n) is 5.25. The molecule has 0 aliphatic carbocycles. The van der Waals surface area contributed by atoms with Crippen molar-refractivity contribution in [2.45, 2.75) is 45.6 Å². The van der Waals surface area contributed by atoms with E-state index in [1.54, 1.807) is 12.0 Å². The molecule has 6 nitrogen and oxygen atoms in total.